The molecule has 0 atom stereocenters. The Hall–Kier alpha value is -3.10. The third-order valence-corrected chi connectivity index (χ3v) is 4.44. The van der Waals surface area contributed by atoms with Crippen LogP contribution in [0, 0.1) is 26.2 Å². The molecule has 3 aromatic rings. The summed E-state index contributed by atoms with van der Waals surface area (Å²) in [6.07, 6.45) is 0. The van der Waals surface area contributed by atoms with Crippen molar-refractivity contribution in [3.63, 3.8) is 0 Å². The summed E-state index contributed by atoms with van der Waals surface area (Å²) in [4.78, 5) is 12.9. The molecule has 2 aromatic carbocycles. The Morgan fingerprint density at radius 3 is 2.24 bits per heavy atom. The summed E-state index contributed by atoms with van der Waals surface area (Å²) in [6, 6.07) is 20.0. The fourth-order valence-corrected chi connectivity index (χ4v) is 3.22. The lowest BCUT2D eigenvalue weighted by molar-refractivity contribution is 0.993. The number of rotatable bonds is 2. The first kappa shape index (κ1) is 16.7. The molecule has 25 heavy (non-hydrogen) atoms. The van der Waals surface area contributed by atoms with Gasteiger partial charge in [-0.1, -0.05) is 30.3 Å². The summed E-state index contributed by atoms with van der Waals surface area (Å²) >= 11 is 2.13. The number of aromatic nitrogens is 1. The van der Waals surface area contributed by atoms with Gasteiger partial charge in [-0.05, 0) is 52.4 Å². The van der Waals surface area contributed by atoms with E-state index in [9.17, 15) is 15.3 Å². The third kappa shape index (κ3) is 2.88. The van der Waals surface area contributed by atoms with Gasteiger partial charge in [0.2, 0.25) is 0 Å². The van der Waals surface area contributed by atoms with Crippen molar-refractivity contribution < 1.29 is 0 Å². The second kappa shape index (κ2) is 6.80. The molecule has 1 aromatic heterocycles. The molecule has 0 aliphatic rings. The molecule has 1 heterocycles. The van der Waals surface area contributed by atoms with E-state index in [1.807, 2.05) is 18.2 Å². The number of anilines is 1. The normalized spacial score (nSPS) is 10.0. The second-order valence-electron chi connectivity index (χ2n) is 5.22. The van der Waals surface area contributed by atoms with E-state index in [1.54, 1.807) is 42.5 Å². The number of benzene rings is 2. The Balaban J connectivity index is 2.46. The first-order chi connectivity index (χ1) is 12.1. The fraction of sp³-hybridized carbons (Fsp3) is 0. The molecule has 0 radical (unpaired) electrons. The van der Waals surface area contributed by atoms with Crippen LogP contribution >= 0.6 is 22.6 Å². The largest absolute Gasteiger partial charge is 0.384 e. The molecule has 0 aliphatic heterocycles. The molecule has 0 fully saturated rings. The van der Waals surface area contributed by atoms with Crippen molar-refractivity contribution >= 4 is 28.4 Å². The maximum absolute atomic E-state index is 12.9. The molecule has 0 saturated heterocycles. The van der Waals surface area contributed by atoms with Gasteiger partial charge in [0, 0.05) is 9.13 Å². The van der Waals surface area contributed by atoms with Crippen molar-refractivity contribution in [2.75, 3.05) is 5.73 Å². The average molecular weight is 438 g/mol. The summed E-state index contributed by atoms with van der Waals surface area (Å²) in [7, 11) is 0. The van der Waals surface area contributed by atoms with Gasteiger partial charge >= 0.3 is 0 Å². The van der Waals surface area contributed by atoms with Crippen molar-refractivity contribution in [1.82, 2.24) is 4.57 Å². The Labute approximate surface area is 157 Å². The van der Waals surface area contributed by atoms with E-state index in [0.717, 1.165) is 3.57 Å². The highest BCUT2D eigenvalue weighted by Crippen LogP contribution is 2.31. The predicted octanol–water partition coefficient (Wildman–Crippen LogP) is 3.43. The van der Waals surface area contributed by atoms with Gasteiger partial charge < -0.3 is 5.73 Å². The summed E-state index contributed by atoms with van der Waals surface area (Å²) in [5.74, 6) is 0.0200. The van der Waals surface area contributed by atoms with Crippen LogP contribution in [-0.4, -0.2) is 4.57 Å². The van der Waals surface area contributed by atoms with Crippen LogP contribution in [0.5, 0.6) is 0 Å². The SMILES string of the molecule is N#Cc1c(-c2cccc(I)c2)c(C#N)c(=O)n(-c2ccccc2)c1N. The Morgan fingerprint density at radius 1 is 0.960 bits per heavy atom. The van der Waals surface area contributed by atoms with Gasteiger partial charge in [0.15, 0.2) is 0 Å². The van der Waals surface area contributed by atoms with E-state index in [1.165, 1.54) is 4.57 Å². The van der Waals surface area contributed by atoms with Crippen molar-refractivity contribution in [2.45, 2.75) is 0 Å². The molecular weight excluding hydrogens is 427 g/mol. The zero-order valence-electron chi connectivity index (χ0n) is 12.9. The zero-order valence-corrected chi connectivity index (χ0v) is 15.1. The third-order valence-electron chi connectivity index (χ3n) is 3.77. The number of nitriles is 2. The Kier molecular flexibility index (Phi) is 4.55. The van der Waals surface area contributed by atoms with Gasteiger partial charge in [-0.15, -0.1) is 0 Å². The molecule has 5 nitrogen and oxygen atoms in total. The number of nitrogens with two attached hydrogens (primary N) is 1. The van der Waals surface area contributed by atoms with Crippen LogP contribution in [-0.2, 0) is 0 Å². The number of hydrogen-bond acceptors (Lipinski definition) is 4. The van der Waals surface area contributed by atoms with Crippen LogP contribution in [0.15, 0.2) is 59.4 Å². The first-order valence-corrected chi connectivity index (χ1v) is 8.36. The molecule has 3 rings (SSSR count). The van der Waals surface area contributed by atoms with Gasteiger partial charge in [0.25, 0.3) is 5.56 Å². The molecule has 120 valence electrons. The summed E-state index contributed by atoms with van der Waals surface area (Å²) < 4.78 is 2.13. The van der Waals surface area contributed by atoms with Crippen molar-refractivity contribution in [2.24, 2.45) is 0 Å². The number of pyridine rings is 1. The standard InChI is InChI=1S/C19H11IN4O/c20-13-6-4-5-12(9-13)17-15(10-21)18(23)24(19(25)16(17)11-22)14-7-2-1-3-8-14/h1-9H,23H2. The van der Waals surface area contributed by atoms with Gasteiger partial charge in [0.05, 0.1) is 5.69 Å². The van der Waals surface area contributed by atoms with Gasteiger partial charge in [-0.2, -0.15) is 10.5 Å². The predicted molar refractivity (Wildman–Crippen MR) is 104 cm³/mol. The quantitative estimate of drug-likeness (QED) is 0.621. The van der Waals surface area contributed by atoms with Gasteiger partial charge in [0.1, 0.15) is 29.1 Å². The Morgan fingerprint density at radius 2 is 1.64 bits per heavy atom. The highest BCUT2D eigenvalue weighted by atomic mass is 127. The zero-order chi connectivity index (χ0) is 18.0. The minimum atomic E-state index is -0.543. The van der Waals surface area contributed by atoms with Gasteiger partial charge in [-0.3, -0.25) is 9.36 Å². The molecule has 0 aliphatic carbocycles. The smallest absolute Gasteiger partial charge is 0.275 e. The van der Waals surface area contributed by atoms with Crippen LogP contribution in [0.1, 0.15) is 11.1 Å². The monoisotopic (exact) mass is 438 g/mol. The molecule has 0 unspecified atom stereocenters. The van der Waals surface area contributed by atoms with Gasteiger partial charge in [-0.25, -0.2) is 0 Å². The highest BCUT2D eigenvalue weighted by molar-refractivity contribution is 14.1. The minimum Gasteiger partial charge on any atom is -0.384 e. The summed E-state index contributed by atoms with van der Waals surface area (Å²) in [5, 5.41) is 19.3. The highest BCUT2D eigenvalue weighted by Gasteiger charge is 2.22. The number of hydrogen-bond donors (Lipinski definition) is 1. The van der Waals surface area contributed by atoms with Crippen molar-refractivity contribution in [3.05, 3.63) is 79.6 Å². The van der Waals surface area contributed by atoms with E-state index in [-0.39, 0.29) is 22.5 Å². The van der Waals surface area contributed by atoms with Crippen molar-refractivity contribution in [3.8, 4) is 29.0 Å². The summed E-state index contributed by atoms with van der Waals surface area (Å²) in [5.41, 5.74) is 7.02. The Bertz CT molecular complexity index is 1110. The molecular formula is C19H11IN4O. The fourth-order valence-electron chi connectivity index (χ4n) is 2.68. The first-order valence-electron chi connectivity index (χ1n) is 7.28. The molecule has 6 heteroatoms. The van der Waals surface area contributed by atoms with Crippen LogP contribution < -0.4 is 11.3 Å². The lowest BCUT2D eigenvalue weighted by Crippen LogP contribution is -2.26. The maximum atomic E-state index is 12.9. The lowest BCUT2D eigenvalue weighted by Gasteiger charge is -2.16. The number of nitrogen functional groups attached to an aromatic ring is 1. The maximum Gasteiger partial charge on any atom is 0.275 e. The topological polar surface area (TPSA) is 95.6 Å². The summed E-state index contributed by atoms with van der Waals surface area (Å²) in [6.45, 7) is 0. The number of nitrogens with zero attached hydrogens (tertiary/aromatic N) is 3. The second-order valence-corrected chi connectivity index (χ2v) is 6.47. The van der Waals surface area contributed by atoms with E-state index in [0.29, 0.717) is 11.3 Å². The molecule has 0 amide bonds. The van der Waals surface area contributed by atoms with Crippen LogP contribution in [0.3, 0.4) is 0 Å². The number of halogens is 1. The van der Waals surface area contributed by atoms with E-state index < -0.39 is 5.56 Å². The van der Waals surface area contributed by atoms with Crippen LogP contribution in [0.25, 0.3) is 16.8 Å². The van der Waals surface area contributed by atoms with E-state index in [2.05, 4.69) is 28.7 Å². The molecule has 0 spiro atoms. The van der Waals surface area contributed by atoms with E-state index >= 15 is 0 Å². The number of para-hydroxylation sites is 1. The molecule has 0 saturated carbocycles. The van der Waals surface area contributed by atoms with Crippen molar-refractivity contribution in [1.29, 1.82) is 10.5 Å². The average Bonchev–Trinajstić information content (AvgIpc) is 2.62. The minimum absolute atomic E-state index is 0.0200. The lowest BCUT2D eigenvalue weighted by atomic mass is 9.96. The van der Waals surface area contributed by atoms with E-state index in [4.69, 9.17) is 5.73 Å². The molecule has 2 N–H and O–H groups in total. The molecule has 0 bridgehead atoms. The van der Waals surface area contributed by atoms with Crippen LogP contribution in [0.4, 0.5) is 5.82 Å². The van der Waals surface area contributed by atoms with Crippen LogP contribution in [0.2, 0.25) is 0 Å².